The van der Waals surface area contributed by atoms with Crippen LogP contribution in [0.25, 0.3) is 0 Å². The molecule has 2 aromatic rings. The standard InChI is InChI=1S/C25H33FN4O2/c1-18(20-9-10-24(22(26)15-20)32-17-19-7-8-19)29-25(27-2)28-16-21-5-3-4-6-23(21)30-11-13-31-14-12-30/h3-6,9-10,15,18-19H,7-8,11-14,16-17H2,1-2H3,(H2,27,28,29). The van der Waals surface area contributed by atoms with Gasteiger partial charge < -0.3 is 25.0 Å². The number of nitrogens with zero attached hydrogens (tertiary/aromatic N) is 2. The fourth-order valence-corrected chi connectivity index (χ4v) is 3.83. The molecule has 2 aliphatic rings. The Morgan fingerprint density at radius 3 is 2.72 bits per heavy atom. The third-order valence-corrected chi connectivity index (χ3v) is 5.99. The van der Waals surface area contributed by atoms with Crippen molar-refractivity contribution >= 4 is 11.6 Å². The number of anilines is 1. The second-order valence-electron chi connectivity index (χ2n) is 8.46. The SMILES string of the molecule is CN=C(NCc1ccccc1N1CCOCC1)NC(C)c1ccc(OCC2CC2)c(F)c1. The van der Waals surface area contributed by atoms with E-state index < -0.39 is 0 Å². The van der Waals surface area contributed by atoms with E-state index in [1.54, 1.807) is 19.2 Å². The smallest absolute Gasteiger partial charge is 0.191 e. The number of guanidine groups is 1. The molecule has 0 spiro atoms. The lowest BCUT2D eigenvalue weighted by atomic mass is 10.1. The second kappa shape index (κ2) is 10.7. The molecule has 1 atom stereocenters. The predicted octanol–water partition coefficient (Wildman–Crippen LogP) is 3.88. The van der Waals surface area contributed by atoms with Gasteiger partial charge in [-0.05, 0) is 55.0 Å². The van der Waals surface area contributed by atoms with Gasteiger partial charge in [0.25, 0.3) is 0 Å². The predicted molar refractivity (Wildman–Crippen MR) is 126 cm³/mol. The maximum absolute atomic E-state index is 14.5. The van der Waals surface area contributed by atoms with E-state index in [0.29, 0.717) is 30.8 Å². The first kappa shape index (κ1) is 22.4. The van der Waals surface area contributed by atoms with Crippen LogP contribution in [0.15, 0.2) is 47.5 Å². The van der Waals surface area contributed by atoms with E-state index >= 15 is 0 Å². The molecule has 2 fully saturated rings. The molecule has 1 heterocycles. The highest BCUT2D eigenvalue weighted by Crippen LogP contribution is 2.30. The van der Waals surface area contributed by atoms with Crippen LogP contribution in [-0.2, 0) is 11.3 Å². The molecule has 1 unspecified atom stereocenters. The molecule has 0 amide bonds. The Morgan fingerprint density at radius 2 is 2.00 bits per heavy atom. The van der Waals surface area contributed by atoms with Crippen molar-refractivity contribution in [3.63, 3.8) is 0 Å². The molecule has 4 rings (SSSR count). The number of hydrogen-bond acceptors (Lipinski definition) is 4. The maximum Gasteiger partial charge on any atom is 0.191 e. The van der Waals surface area contributed by atoms with E-state index in [9.17, 15) is 4.39 Å². The van der Waals surface area contributed by atoms with E-state index in [1.165, 1.54) is 24.1 Å². The average Bonchev–Trinajstić information content (AvgIpc) is 3.66. The summed E-state index contributed by atoms with van der Waals surface area (Å²) in [5, 5.41) is 6.75. The van der Waals surface area contributed by atoms with E-state index in [-0.39, 0.29) is 11.9 Å². The Bertz CT molecular complexity index is 926. The minimum absolute atomic E-state index is 0.109. The van der Waals surface area contributed by atoms with Crippen LogP contribution in [0, 0.1) is 11.7 Å². The maximum atomic E-state index is 14.5. The van der Waals surface area contributed by atoms with E-state index in [0.717, 1.165) is 31.9 Å². The van der Waals surface area contributed by atoms with Crippen molar-refractivity contribution in [1.29, 1.82) is 0 Å². The van der Waals surface area contributed by atoms with Crippen molar-refractivity contribution in [2.45, 2.75) is 32.4 Å². The van der Waals surface area contributed by atoms with Crippen LogP contribution in [0.4, 0.5) is 10.1 Å². The zero-order valence-corrected chi connectivity index (χ0v) is 18.9. The van der Waals surface area contributed by atoms with Gasteiger partial charge in [-0.3, -0.25) is 4.99 Å². The largest absolute Gasteiger partial charge is 0.490 e. The van der Waals surface area contributed by atoms with Crippen molar-refractivity contribution in [3.8, 4) is 5.75 Å². The van der Waals surface area contributed by atoms with Gasteiger partial charge in [-0.25, -0.2) is 4.39 Å². The lowest BCUT2D eigenvalue weighted by molar-refractivity contribution is 0.122. The van der Waals surface area contributed by atoms with Gasteiger partial charge in [-0.15, -0.1) is 0 Å². The minimum Gasteiger partial charge on any atom is -0.490 e. The summed E-state index contributed by atoms with van der Waals surface area (Å²) in [6.07, 6.45) is 2.37. The summed E-state index contributed by atoms with van der Waals surface area (Å²) < 4.78 is 25.6. The molecule has 172 valence electrons. The quantitative estimate of drug-likeness (QED) is 0.482. The van der Waals surface area contributed by atoms with Crippen molar-refractivity contribution in [2.24, 2.45) is 10.9 Å². The van der Waals surface area contributed by atoms with Crippen LogP contribution in [0.5, 0.6) is 5.75 Å². The molecule has 6 nitrogen and oxygen atoms in total. The first-order valence-corrected chi connectivity index (χ1v) is 11.4. The molecule has 2 aromatic carbocycles. The number of halogens is 1. The Labute approximate surface area is 189 Å². The Morgan fingerprint density at radius 1 is 1.22 bits per heavy atom. The first-order valence-electron chi connectivity index (χ1n) is 11.4. The third-order valence-electron chi connectivity index (χ3n) is 5.99. The van der Waals surface area contributed by atoms with Gasteiger partial charge >= 0.3 is 0 Å². The summed E-state index contributed by atoms with van der Waals surface area (Å²) in [5.74, 6) is 1.27. The fourth-order valence-electron chi connectivity index (χ4n) is 3.83. The van der Waals surface area contributed by atoms with Gasteiger partial charge in [0.1, 0.15) is 0 Å². The number of morpholine rings is 1. The summed E-state index contributed by atoms with van der Waals surface area (Å²) in [5.41, 5.74) is 3.27. The molecular weight excluding hydrogens is 407 g/mol. The van der Waals surface area contributed by atoms with Gasteiger partial charge in [-0.2, -0.15) is 0 Å². The molecule has 1 aliphatic carbocycles. The van der Waals surface area contributed by atoms with Gasteiger partial charge in [-0.1, -0.05) is 24.3 Å². The monoisotopic (exact) mass is 440 g/mol. The molecule has 0 aromatic heterocycles. The number of benzene rings is 2. The second-order valence-corrected chi connectivity index (χ2v) is 8.46. The summed E-state index contributed by atoms with van der Waals surface area (Å²) >= 11 is 0. The first-order chi connectivity index (χ1) is 15.6. The Kier molecular flexibility index (Phi) is 7.47. The number of aliphatic imine (C=N–C) groups is 1. The van der Waals surface area contributed by atoms with Gasteiger partial charge in [0, 0.05) is 32.4 Å². The van der Waals surface area contributed by atoms with Crippen molar-refractivity contribution in [1.82, 2.24) is 10.6 Å². The molecule has 7 heteroatoms. The molecule has 0 radical (unpaired) electrons. The number of rotatable bonds is 8. The summed E-state index contributed by atoms with van der Waals surface area (Å²) in [4.78, 5) is 6.71. The highest BCUT2D eigenvalue weighted by molar-refractivity contribution is 5.80. The van der Waals surface area contributed by atoms with Crippen molar-refractivity contribution in [3.05, 3.63) is 59.4 Å². The fraction of sp³-hybridized carbons (Fsp3) is 0.480. The molecule has 1 saturated heterocycles. The average molecular weight is 441 g/mol. The normalized spacial score (nSPS) is 17.7. The Hall–Kier alpha value is -2.80. The summed E-state index contributed by atoms with van der Waals surface area (Å²) in [7, 11) is 1.74. The molecule has 2 N–H and O–H groups in total. The molecule has 1 aliphatic heterocycles. The Balaban J connectivity index is 1.34. The number of para-hydroxylation sites is 1. The summed E-state index contributed by atoms with van der Waals surface area (Å²) in [6, 6.07) is 13.5. The topological polar surface area (TPSA) is 58.1 Å². The van der Waals surface area contributed by atoms with Gasteiger partial charge in [0.15, 0.2) is 17.5 Å². The van der Waals surface area contributed by atoms with Crippen LogP contribution in [0.2, 0.25) is 0 Å². The van der Waals surface area contributed by atoms with Crippen molar-refractivity contribution < 1.29 is 13.9 Å². The van der Waals surface area contributed by atoms with Crippen LogP contribution in [0.3, 0.4) is 0 Å². The number of ether oxygens (including phenoxy) is 2. The molecular formula is C25H33FN4O2. The number of hydrogen-bond donors (Lipinski definition) is 2. The van der Waals surface area contributed by atoms with Gasteiger partial charge in [0.05, 0.1) is 25.9 Å². The summed E-state index contributed by atoms with van der Waals surface area (Å²) in [6.45, 7) is 6.54. The zero-order chi connectivity index (χ0) is 22.3. The van der Waals surface area contributed by atoms with E-state index in [4.69, 9.17) is 9.47 Å². The van der Waals surface area contributed by atoms with E-state index in [2.05, 4.69) is 44.8 Å². The highest BCUT2D eigenvalue weighted by atomic mass is 19.1. The van der Waals surface area contributed by atoms with Gasteiger partial charge in [0.2, 0.25) is 0 Å². The lowest BCUT2D eigenvalue weighted by Crippen LogP contribution is -2.39. The van der Waals surface area contributed by atoms with Crippen LogP contribution in [-0.4, -0.2) is 45.9 Å². The number of nitrogens with one attached hydrogen (secondary N) is 2. The zero-order valence-electron chi connectivity index (χ0n) is 18.9. The van der Waals surface area contributed by atoms with Crippen LogP contribution >= 0.6 is 0 Å². The van der Waals surface area contributed by atoms with E-state index in [1.807, 2.05) is 13.0 Å². The minimum atomic E-state index is -0.320. The lowest BCUT2D eigenvalue weighted by Gasteiger charge is -2.30. The molecule has 32 heavy (non-hydrogen) atoms. The molecule has 0 bridgehead atoms. The highest BCUT2D eigenvalue weighted by Gasteiger charge is 2.22. The van der Waals surface area contributed by atoms with Crippen LogP contribution < -0.4 is 20.3 Å². The van der Waals surface area contributed by atoms with Crippen molar-refractivity contribution in [2.75, 3.05) is 44.9 Å². The third kappa shape index (κ3) is 5.91. The van der Waals surface area contributed by atoms with Crippen LogP contribution in [0.1, 0.15) is 36.9 Å². The molecule has 1 saturated carbocycles.